The van der Waals surface area contributed by atoms with Gasteiger partial charge in [-0.3, -0.25) is 4.90 Å². The zero-order valence-electron chi connectivity index (χ0n) is 15.4. The summed E-state index contributed by atoms with van der Waals surface area (Å²) < 4.78 is 34.8. The number of hydrogen-bond acceptors (Lipinski definition) is 3. The molecule has 26 heavy (non-hydrogen) atoms. The van der Waals surface area contributed by atoms with Gasteiger partial charge in [-0.15, -0.1) is 0 Å². The molecule has 2 aliphatic heterocycles. The molecule has 2 aliphatic rings. The molecular weight excluding hydrogens is 340 g/mol. The van der Waals surface area contributed by atoms with Gasteiger partial charge in [0, 0.05) is 6.04 Å². The average Bonchev–Trinajstić information content (AvgIpc) is 2.77. The highest BCUT2D eigenvalue weighted by Crippen LogP contribution is 2.37. The largest absolute Gasteiger partial charge is 0.444 e. The van der Waals surface area contributed by atoms with E-state index in [2.05, 4.69) is 10.8 Å². The highest BCUT2D eigenvalue weighted by molar-refractivity contribution is 5.70. The molecule has 2 bridgehead atoms. The Kier molecular flexibility index (Phi) is 5.21. The highest BCUT2D eigenvalue weighted by atomic mass is 19.3. The minimum absolute atomic E-state index is 0.0547. The Hall–Kier alpha value is -2.11. The Balaban J connectivity index is 1.69. The third kappa shape index (κ3) is 4.54. The van der Waals surface area contributed by atoms with Crippen molar-refractivity contribution in [1.29, 1.82) is 0 Å². The van der Waals surface area contributed by atoms with Crippen LogP contribution in [0.1, 0.15) is 45.6 Å². The predicted molar refractivity (Wildman–Crippen MR) is 94.4 cm³/mol. The first kappa shape index (κ1) is 18.7. The van der Waals surface area contributed by atoms with Crippen LogP contribution in [-0.2, 0) is 11.2 Å². The molecule has 0 radical (unpaired) electrons. The van der Waals surface area contributed by atoms with E-state index in [4.69, 9.17) is 4.74 Å². The van der Waals surface area contributed by atoms with Crippen LogP contribution in [0, 0.1) is 0 Å². The average molecular weight is 365 g/mol. The standard InChI is InChI=1S/C20H25F2NO3/c1-20(2,3)26-19(24)23-15-7-8-16(23)11-14(10-15)9-13-5-4-6-17(12-13)25-18(21)22/h4-6,10,12,15-16,18H,7-9,11H2,1-3H3. The summed E-state index contributed by atoms with van der Waals surface area (Å²) in [5, 5.41) is 0. The maximum absolute atomic E-state index is 12.5. The number of hydrogen-bond donors (Lipinski definition) is 0. The van der Waals surface area contributed by atoms with Crippen molar-refractivity contribution in [3.63, 3.8) is 0 Å². The van der Waals surface area contributed by atoms with Gasteiger partial charge in [0.15, 0.2) is 0 Å². The Morgan fingerprint density at radius 3 is 2.73 bits per heavy atom. The summed E-state index contributed by atoms with van der Waals surface area (Å²) in [7, 11) is 0. The van der Waals surface area contributed by atoms with Crippen LogP contribution in [0.2, 0.25) is 0 Å². The smallest absolute Gasteiger partial charge is 0.411 e. The van der Waals surface area contributed by atoms with E-state index in [0.717, 1.165) is 24.8 Å². The van der Waals surface area contributed by atoms with Gasteiger partial charge >= 0.3 is 12.7 Å². The Labute approximate surface area is 152 Å². The van der Waals surface area contributed by atoms with Crippen LogP contribution in [0.4, 0.5) is 13.6 Å². The third-order valence-corrected chi connectivity index (χ3v) is 4.63. The van der Waals surface area contributed by atoms with Gasteiger partial charge < -0.3 is 9.47 Å². The number of nitrogens with zero attached hydrogens (tertiary/aromatic N) is 1. The van der Waals surface area contributed by atoms with Crippen molar-refractivity contribution in [3.8, 4) is 5.75 Å². The number of rotatable bonds is 4. The number of alkyl halides is 2. The van der Waals surface area contributed by atoms with Crippen molar-refractivity contribution in [2.45, 2.75) is 70.8 Å². The van der Waals surface area contributed by atoms with E-state index in [1.807, 2.05) is 31.7 Å². The molecule has 3 rings (SSSR count). The van der Waals surface area contributed by atoms with Gasteiger partial charge in [-0.2, -0.15) is 8.78 Å². The minimum Gasteiger partial charge on any atom is -0.444 e. The van der Waals surface area contributed by atoms with E-state index >= 15 is 0 Å². The molecule has 0 N–H and O–H groups in total. The minimum atomic E-state index is -2.82. The molecule has 1 aromatic rings. The Bertz CT molecular complexity index is 697. The van der Waals surface area contributed by atoms with E-state index in [1.165, 1.54) is 11.6 Å². The lowest BCUT2D eigenvalue weighted by Gasteiger charge is -2.35. The summed E-state index contributed by atoms with van der Waals surface area (Å²) in [6, 6.07) is 7.00. The van der Waals surface area contributed by atoms with E-state index in [0.29, 0.717) is 6.42 Å². The quantitative estimate of drug-likeness (QED) is 0.710. The second-order valence-corrected chi connectivity index (χ2v) is 7.92. The maximum atomic E-state index is 12.5. The number of ether oxygens (including phenoxy) is 2. The monoisotopic (exact) mass is 365 g/mol. The number of halogens is 2. The lowest BCUT2D eigenvalue weighted by molar-refractivity contribution is -0.0498. The summed E-state index contributed by atoms with van der Waals surface area (Å²) in [5.74, 6) is 0.173. The topological polar surface area (TPSA) is 38.8 Å². The molecule has 2 unspecified atom stereocenters. The molecule has 4 nitrogen and oxygen atoms in total. The van der Waals surface area contributed by atoms with Gasteiger partial charge in [0.05, 0.1) is 6.04 Å². The molecule has 2 heterocycles. The van der Waals surface area contributed by atoms with Gasteiger partial charge in [0.1, 0.15) is 11.4 Å². The fourth-order valence-corrected chi connectivity index (χ4v) is 3.74. The number of amides is 1. The molecule has 0 aliphatic carbocycles. The first-order valence-electron chi connectivity index (χ1n) is 8.96. The van der Waals surface area contributed by atoms with Crippen LogP contribution in [0.5, 0.6) is 5.75 Å². The molecule has 142 valence electrons. The van der Waals surface area contributed by atoms with Crippen molar-refractivity contribution in [3.05, 3.63) is 41.5 Å². The van der Waals surface area contributed by atoms with Crippen LogP contribution in [-0.4, -0.2) is 35.3 Å². The second kappa shape index (κ2) is 7.25. The van der Waals surface area contributed by atoms with Crippen LogP contribution in [0.15, 0.2) is 35.9 Å². The van der Waals surface area contributed by atoms with Crippen molar-refractivity contribution in [2.24, 2.45) is 0 Å². The lowest BCUT2D eigenvalue weighted by atomic mass is 9.95. The molecule has 1 fully saturated rings. The summed E-state index contributed by atoms with van der Waals surface area (Å²) in [6.45, 7) is 2.78. The predicted octanol–water partition coefficient (Wildman–Crippen LogP) is 4.93. The van der Waals surface area contributed by atoms with E-state index < -0.39 is 12.2 Å². The summed E-state index contributed by atoms with van der Waals surface area (Å²) in [6.07, 6.45) is 5.23. The molecule has 0 aromatic heterocycles. The van der Waals surface area contributed by atoms with E-state index in [9.17, 15) is 13.6 Å². The zero-order chi connectivity index (χ0) is 18.9. The molecule has 6 heteroatoms. The van der Waals surface area contributed by atoms with Gasteiger partial charge in [-0.05, 0) is 64.2 Å². The van der Waals surface area contributed by atoms with Crippen molar-refractivity contribution in [2.75, 3.05) is 0 Å². The summed E-state index contributed by atoms with van der Waals surface area (Å²) >= 11 is 0. The van der Waals surface area contributed by atoms with Gasteiger partial charge in [0.2, 0.25) is 0 Å². The number of carbonyl (C=O) groups excluding carboxylic acids is 1. The van der Waals surface area contributed by atoms with Crippen LogP contribution in [0.25, 0.3) is 0 Å². The number of fused-ring (bicyclic) bond motifs is 2. The first-order valence-corrected chi connectivity index (χ1v) is 8.96. The second-order valence-electron chi connectivity index (χ2n) is 7.92. The van der Waals surface area contributed by atoms with Gasteiger partial charge in [0.25, 0.3) is 0 Å². The molecule has 2 atom stereocenters. The maximum Gasteiger partial charge on any atom is 0.411 e. The summed E-state index contributed by atoms with van der Waals surface area (Å²) in [5.41, 5.74) is 1.65. The number of benzene rings is 1. The molecular formula is C20H25F2NO3. The van der Waals surface area contributed by atoms with Crippen molar-refractivity contribution in [1.82, 2.24) is 4.90 Å². The molecule has 1 saturated heterocycles. The van der Waals surface area contributed by atoms with E-state index in [-0.39, 0.29) is 23.9 Å². The van der Waals surface area contributed by atoms with Crippen LogP contribution >= 0.6 is 0 Å². The zero-order valence-corrected chi connectivity index (χ0v) is 15.4. The van der Waals surface area contributed by atoms with Gasteiger partial charge in [-0.1, -0.05) is 23.8 Å². The normalized spacial score (nSPS) is 22.4. The number of carbonyl (C=O) groups is 1. The van der Waals surface area contributed by atoms with Gasteiger partial charge in [-0.25, -0.2) is 4.79 Å². The third-order valence-electron chi connectivity index (χ3n) is 4.63. The van der Waals surface area contributed by atoms with E-state index in [1.54, 1.807) is 12.1 Å². The van der Waals surface area contributed by atoms with Crippen LogP contribution < -0.4 is 4.74 Å². The van der Waals surface area contributed by atoms with Crippen LogP contribution in [0.3, 0.4) is 0 Å². The molecule has 1 amide bonds. The molecule has 0 spiro atoms. The first-order chi connectivity index (χ1) is 12.2. The molecule has 0 saturated carbocycles. The highest BCUT2D eigenvalue weighted by Gasteiger charge is 2.41. The fraction of sp³-hybridized carbons (Fsp3) is 0.550. The molecule has 1 aromatic carbocycles. The SMILES string of the molecule is CC(C)(C)OC(=O)N1C2C=C(Cc3cccc(OC(F)F)c3)CC1CC2. The Morgan fingerprint density at radius 1 is 1.31 bits per heavy atom. The fourth-order valence-electron chi connectivity index (χ4n) is 3.74. The summed E-state index contributed by atoms with van der Waals surface area (Å²) in [4.78, 5) is 14.3. The Morgan fingerprint density at radius 2 is 2.08 bits per heavy atom. The lowest BCUT2D eigenvalue weighted by Crippen LogP contribution is -2.45. The van der Waals surface area contributed by atoms with Crippen molar-refractivity contribution < 1.29 is 23.0 Å². The van der Waals surface area contributed by atoms with Crippen molar-refractivity contribution >= 4 is 6.09 Å².